The molecule has 0 radical (unpaired) electrons. The molecule has 0 fully saturated rings. The van der Waals surface area contributed by atoms with Crippen LogP contribution in [0.3, 0.4) is 0 Å². The lowest BCUT2D eigenvalue weighted by Crippen LogP contribution is -2.19. The average molecular weight is 779 g/mol. The van der Waals surface area contributed by atoms with Crippen LogP contribution >= 0.6 is 0 Å². The molecule has 288 valence electrons. The summed E-state index contributed by atoms with van der Waals surface area (Å²) in [6.45, 7) is 2.31. The van der Waals surface area contributed by atoms with Gasteiger partial charge in [0.15, 0.2) is 5.82 Å². The highest BCUT2D eigenvalue weighted by Crippen LogP contribution is 2.40. The van der Waals surface area contributed by atoms with E-state index in [0.29, 0.717) is 5.82 Å². The smallest absolute Gasteiger partial charge is 0.161 e. The molecule has 1 aromatic heterocycles. The highest BCUT2D eigenvalue weighted by molar-refractivity contribution is 6.25. The molecule has 1 heterocycles. The molecule has 2 nitrogen and oxygen atoms in total. The van der Waals surface area contributed by atoms with Crippen molar-refractivity contribution < 1.29 is 0 Å². The zero-order valence-electron chi connectivity index (χ0n) is 34.0. The Morgan fingerprint density at radius 2 is 0.869 bits per heavy atom. The van der Waals surface area contributed by atoms with Gasteiger partial charge in [0, 0.05) is 22.1 Å². The van der Waals surface area contributed by atoms with Gasteiger partial charge >= 0.3 is 0 Å². The topological polar surface area (TPSA) is 25.8 Å². The Morgan fingerprint density at radius 1 is 0.361 bits per heavy atom. The zero-order chi connectivity index (χ0) is 40.8. The predicted molar refractivity (Wildman–Crippen MR) is 257 cm³/mol. The Morgan fingerprint density at radius 3 is 1.56 bits per heavy atom. The van der Waals surface area contributed by atoms with Crippen molar-refractivity contribution in [3.8, 4) is 67.3 Å². The van der Waals surface area contributed by atoms with Gasteiger partial charge in [0.25, 0.3) is 0 Å². The van der Waals surface area contributed by atoms with E-state index < -0.39 is 0 Å². The zero-order valence-corrected chi connectivity index (χ0v) is 34.0. The summed E-state index contributed by atoms with van der Waals surface area (Å²) in [5.41, 5.74) is 12.9. The molecule has 0 saturated carbocycles. The first kappa shape index (κ1) is 36.4. The number of nitrogens with zero attached hydrogens (tertiary/aromatic N) is 2. The summed E-state index contributed by atoms with van der Waals surface area (Å²) >= 11 is 0. The summed E-state index contributed by atoms with van der Waals surface area (Å²) in [7, 11) is 0. The van der Waals surface area contributed by atoms with Crippen molar-refractivity contribution >= 4 is 32.3 Å². The molecule has 2 heteroatoms. The lowest BCUT2D eigenvalue weighted by Gasteiger charge is -2.27. The standard InChI is InChI=1S/C59H42N2/c1-59(33-12-3-13-34-59)47-24-16-23-46(37-47)57-39-56(45-22-15-19-41(36-45)40-17-4-2-5-18-40)60-58(61-57)54-30-11-6-25-48(54)44-21-14-20-42(35-44)43-31-32-53-51-28-8-7-26-49(51)50-27-9-10-29-52(50)55(53)38-43/h2-33,35-39H,34H2,1H3. The largest absolute Gasteiger partial charge is 0.228 e. The van der Waals surface area contributed by atoms with E-state index in [1.54, 1.807) is 0 Å². The molecule has 0 bridgehead atoms. The quantitative estimate of drug-likeness (QED) is 0.151. The van der Waals surface area contributed by atoms with Crippen molar-refractivity contribution in [2.45, 2.75) is 18.8 Å². The van der Waals surface area contributed by atoms with Crippen LogP contribution in [0.4, 0.5) is 0 Å². The first-order valence-corrected chi connectivity index (χ1v) is 21.1. The molecule has 0 aliphatic heterocycles. The fourth-order valence-electron chi connectivity index (χ4n) is 9.21. The van der Waals surface area contributed by atoms with Crippen LogP contribution in [0.5, 0.6) is 0 Å². The van der Waals surface area contributed by atoms with Gasteiger partial charge in [-0.15, -0.1) is 0 Å². The van der Waals surface area contributed by atoms with Gasteiger partial charge in [-0.05, 0) is 108 Å². The number of fused-ring (bicyclic) bond motifs is 6. The molecule has 10 aromatic rings. The van der Waals surface area contributed by atoms with Crippen molar-refractivity contribution in [3.63, 3.8) is 0 Å². The van der Waals surface area contributed by atoms with E-state index in [0.717, 1.165) is 56.8 Å². The Kier molecular flexibility index (Phi) is 9.05. The Hall–Kier alpha value is -7.68. The molecule has 61 heavy (non-hydrogen) atoms. The minimum atomic E-state index is -0.0863. The predicted octanol–water partition coefficient (Wildman–Crippen LogP) is 15.7. The highest BCUT2D eigenvalue weighted by Gasteiger charge is 2.24. The monoisotopic (exact) mass is 778 g/mol. The van der Waals surface area contributed by atoms with Crippen molar-refractivity contribution in [1.82, 2.24) is 9.97 Å². The number of benzene rings is 9. The van der Waals surface area contributed by atoms with Crippen LogP contribution in [0, 0.1) is 0 Å². The summed E-state index contributed by atoms with van der Waals surface area (Å²) in [5.74, 6) is 0.694. The van der Waals surface area contributed by atoms with Crippen LogP contribution < -0.4 is 0 Å². The van der Waals surface area contributed by atoms with E-state index >= 15 is 0 Å². The summed E-state index contributed by atoms with van der Waals surface area (Å²) in [6.07, 6.45) is 9.81. The molecule has 0 spiro atoms. The second-order valence-corrected chi connectivity index (χ2v) is 16.4. The molecular weight excluding hydrogens is 737 g/mol. The van der Waals surface area contributed by atoms with E-state index in [1.165, 1.54) is 49.0 Å². The summed E-state index contributed by atoms with van der Waals surface area (Å²) in [4.78, 5) is 10.8. The third-order valence-corrected chi connectivity index (χ3v) is 12.5. The van der Waals surface area contributed by atoms with Gasteiger partial charge in [0.2, 0.25) is 0 Å². The Labute approximate surface area is 356 Å². The number of rotatable bonds is 7. The minimum Gasteiger partial charge on any atom is -0.228 e. The highest BCUT2D eigenvalue weighted by atomic mass is 14.9. The van der Waals surface area contributed by atoms with Gasteiger partial charge in [-0.25, -0.2) is 9.97 Å². The molecule has 1 aliphatic carbocycles. The van der Waals surface area contributed by atoms with E-state index in [4.69, 9.17) is 9.97 Å². The van der Waals surface area contributed by atoms with Crippen LogP contribution in [0.25, 0.3) is 99.6 Å². The average Bonchev–Trinajstić information content (AvgIpc) is 3.34. The summed E-state index contributed by atoms with van der Waals surface area (Å²) < 4.78 is 0. The first-order valence-electron chi connectivity index (χ1n) is 21.1. The third-order valence-electron chi connectivity index (χ3n) is 12.5. The molecule has 0 N–H and O–H groups in total. The number of aromatic nitrogens is 2. The van der Waals surface area contributed by atoms with Gasteiger partial charge < -0.3 is 0 Å². The molecule has 1 aliphatic rings. The Balaban J connectivity index is 1.05. The van der Waals surface area contributed by atoms with Gasteiger partial charge in [-0.3, -0.25) is 0 Å². The van der Waals surface area contributed by atoms with Crippen molar-refractivity contribution in [2.24, 2.45) is 0 Å². The van der Waals surface area contributed by atoms with Crippen LogP contribution in [-0.4, -0.2) is 9.97 Å². The fourth-order valence-corrected chi connectivity index (χ4v) is 9.21. The molecular formula is C59H42N2. The lowest BCUT2D eigenvalue weighted by atomic mass is 9.77. The number of hydrogen-bond donors (Lipinski definition) is 0. The lowest BCUT2D eigenvalue weighted by molar-refractivity contribution is 0.600. The van der Waals surface area contributed by atoms with E-state index in [9.17, 15) is 0 Å². The van der Waals surface area contributed by atoms with Crippen LogP contribution in [0.1, 0.15) is 18.9 Å². The maximum atomic E-state index is 5.40. The summed E-state index contributed by atoms with van der Waals surface area (Å²) in [5, 5.41) is 7.66. The van der Waals surface area contributed by atoms with Crippen molar-refractivity contribution in [1.29, 1.82) is 0 Å². The van der Waals surface area contributed by atoms with Crippen LogP contribution in [0.15, 0.2) is 224 Å². The molecule has 0 saturated heterocycles. The third kappa shape index (κ3) is 6.73. The van der Waals surface area contributed by atoms with Gasteiger partial charge in [0.1, 0.15) is 0 Å². The number of hydrogen-bond acceptors (Lipinski definition) is 2. The van der Waals surface area contributed by atoms with E-state index in [-0.39, 0.29) is 5.41 Å². The van der Waals surface area contributed by atoms with Crippen LogP contribution in [-0.2, 0) is 5.41 Å². The fraction of sp³-hybridized carbons (Fsp3) is 0.0508. The maximum Gasteiger partial charge on any atom is 0.161 e. The second-order valence-electron chi connectivity index (χ2n) is 16.4. The van der Waals surface area contributed by atoms with E-state index in [2.05, 4.69) is 231 Å². The molecule has 1 unspecified atom stereocenters. The SMILES string of the molecule is CC1(c2cccc(-c3cc(-c4cccc(-c5ccccc5)c4)nc(-c4ccccc4-c4cccc(-c5ccc6c7ccccc7c7ccccc7c6c5)c4)n3)c2)C=CC=CC1. The Bertz CT molecular complexity index is 3320. The normalized spacial score (nSPS) is 14.8. The first-order chi connectivity index (χ1) is 30.1. The van der Waals surface area contributed by atoms with Gasteiger partial charge in [0.05, 0.1) is 11.4 Å². The molecule has 0 amide bonds. The van der Waals surface area contributed by atoms with Crippen molar-refractivity contribution in [2.75, 3.05) is 0 Å². The summed E-state index contributed by atoms with van der Waals surface area (Å²) in [6, 6.07) is 72.2. The molecule has 9 aromatic carbocycles. The second kappa shape index (κ2) is 15.2. The molecule has 11 rings (SSSR count). The molecule has 1 atom stereocenters. The maximum absolute atomic E-state index is 5.40. The van der Waals surface area contributed by atoms with Gasteiger partial charge in [-0.1, -0.05) is 201 Å². The van der Waals surface area contributed by atoms with E-state index in [1.807, 2.05) is 0 Å². The number of allylic oxidation sites excluding steroid dienone is 4. The minimum absolute atomic E-state index is 0.0863. The van der Waals surface area contributed by atoms with Crippen LogP contribution in [0.2, 0.25) is 0 Å². The van der Waals surface area contributed by atoms with Gasteiger partial charge in [-0.2, -0.15) is 0 Å². The van der Waals surface area contributed by atoms with Crippen molar-refractivity contribution in [3.05, 3.63) is 230 Å².